The standard InChI is InChI=1S/C41H39Cl2N7O4S/c1-25-8-9-28(21-44-25)37-46-26(2)35(55-37)40(53)48-14-10-32(34(22-48)27-6-4-3-5-7-27)38(51)47-16-12-41(54,13-17-47)23-49-24-45-36-33(39(49)52)11-15-50(36)31-19-29(42)18-30(43)20-31/h3-9,11,15,18-21,24,32,34,54H,10,12-14,16-17,22-23H2,1-2H3/t32-,34+/m1/s1. The summed E-state index contributed by atoms with van der Waals surface area (Å²) in [4.78, 5) is 59.8. The van der Waals surface area contributed by atoms with Gasteiger partial charge in [0, 0.05) is 77.4 Å². The molecule has 282 valence electrons. The summed E-state index contributed by atoms with van der Waals surface area (Å²) in [6.45, 7) is 5.39. The van der Waals surface area contributed by atoms with E-state index in [1.807, 2.05) is 66.1 Å². The number of hydrogen-bond donors (Lipinski definition) is 1. The van der Waals surface area contributed by atoms with Crippen LogP contribution in [0.2, 0.25) is 10.0 Å². The van der Waals surface area contributed by atoms with Crippen LogP contribution in [-0.4, -0.2) is 82.6 Å². The second kappa shape index (κ2) is 15.0. The van der Waals surface area contributed by atoms with Crippen LogP contribution >= 0.6 is 34.5 Å². The first-order chi connectivity index (χ1) is 26.5. The number of carbonyl (C=O) groups excluding carboxylic acids is 2. The highest BCUT2D eigenvalue weighted by molar-refractivity contribution is 7.17. The van der Waals surface area contributed by atoms with E-state index in [-0.39, 0.29) is 35.8 Å². The van der Waals surface area contributed by atoms with Crippen LogP contribution < -0.4 is 5.56 Å². The van der Waals surface area contributed by atoms with Crippen molar-refractivity contribution in [3.05, 3.63) is 128 Å². The van der Waals surface area contributed by atoms with Crippen LogP contribution in [0, 0.1) is 19.8 Å². The van der Waals surface area contributed by atoms with E-state index in [4.69, 9.17) is 28.2 Å². The van der Waals surface area contributed by atoms with Crippen LogP contribution in [0.3, 0.4) is 0 Å². The number of benzene rings is 2. The first-order valence-electron chi connectivity index (χ1n) is 18.3. The van der Waals surface area contributed by atoms with E-state index in [1.165, 1.54) is 22.2 Å². The van der Waals surface area contributed by atoms with Crippen molar-refractivity contribution in [2.75, 3.05) is 26.2 Å². The normalized spacial score (nSPS) is 18.5. The molecule has 2 aromatic carbocycles. The Morgan fingerprint density at radius 1 is 0.945 bits per heavy atom. The van der Waals surface area contributed by atoms with Gasteiger partial charge < -0.3 is 19.5 Å². The Morgan fingerprint density at radius 3 is 2.40 bits per heavy atom. The van der Waals surface area contributed by atoms with Gasteiger partial charge in [-0.25, -0.2) is 9.97 Å². The lowest BCUT2D eigenvalue weighted by atomic mass is 9.79. The van der Waals surface area contributed by atoms with Gasteiger partial charge in [0.05, 0.1) is 23.2 Å². The molecule has 55 heavy (non-hydrogen) atoms. The number of thiazole rings is 1. The molecule has 0 unspecified atom stereocenters. The number of amides is 2. The van der Waals surface area contributed by atoms with Crippen LogP contribution in [-0.2, 0) is 11.3 Å². The quantitative estimate of drug-likeness (QED) is 0.186. The fourth-order valence-corrected chi connectivity index (χ4v) is 9.37. The van der Waals surface area contributed by atoms with Gasteiger partial charge in [-0.15, -0.1) is 11.3 Å². The largest absolute Gasteiger partial charge is 0.388 e. The van der Waals surface area contributed by atoms with Gasteiger partial charge in [0.2, 0.25) is 5.91 Å². The van der Waals surface area contributed by atoms with Crippen LogP contribution in [0.15, 0.2) is 90.2 Å². The third-order valence-electron chi connectivity index (χ3n) is 10.9. The smallest absolute Gasteiger partial charge is 0.265 e. The second-order valence-corrected chi connectivity index (χ2v) is 16.4. The molecule has 2 aliphatic rings. The average molecular weight is 797 g/mol. The van der Waals surface area contributed by atoms with Gasteiger partial charge in [-0.05, 0) is 75.1 Å². The van der Waals surface area contributed by atoms with Crippen molar-refractivity contribution in [1.29, 1.82) is 0 Å². The highest BCUT2D eigenvalue weighted by Crippen LogP contribution is 2.37. The summed E-state index contributed by atoms with van der Waals surface area (Å²) in [5.41, 5.74) is 3.14. The second-order valence-electron chi connectivity index (χ2n) is 14.6. The zero-order chi connectivity index (χ0) is 38.4. The number of nitrogens with zero attached hydrogens (tertiary/aromatic N) is 7. The lowest BCUT2D eigenvalue weighted by Crippen LogP contribution is -2.53. The zero-order valence-electron chi connectivity index (χ0n) is 30.4. The first-order valence-corrected chi connectivity index (χ1v) is 19.8. The summed E-state index contributed by atoms with van der Waals surface area (Å²) in [5.74, 6) is -0.590. The average Bonchev–Trinajstić information content (AvgIpc) is 3.80. The molecule has 1 N–H and O–H groups in total. The third kappa shape index (κ3) is 7.43. The number of rotatable bonds is 7. The highest BCUT2D eigenvalue weighted by atomic mass is 35.5. The Labute approximate surface area is 331 Å². The maximum Gasteiger partial charge on any atom is 0.265 e. The van der Waals surface area contributed by atoms with Crippen LogP contribution in [0.4, 0.5) is 0 Å². The molecule has 0 aliphatic carbocycles. The number of fused-ring (bicyclic) bond motifs is 1. The molecule has 2 fully saturated rings. The molecule has 0 saturated carbocycles. The van der Waals surface area contributed by atoms with Crippen molar-refractivity contribution in [2.45, 2.75) is 51.2 Å². The number of halogens is 2. The Kier molecular flexibility index (Phi) is 10.1. The fourth-order valence-electron chi connectivity index (χ4n) is 7.83. The Morgan fingerprint density at radius 2 is 1.69 bits per heavy atom. The molecular weight excluding hydrogens is 757 g/mol. The Hall–Kier alpha value is -4.88. The van der Waals surface area contributed by atoms with Crippen molar-refractivity contribution < 1.29 is 14.7 Å². The van der Waals surface area contributed by atoms with Gasteiger partial charge in [-0.1, -0.05) is 53.5 Å². The highest BCUT2D eigenvalue weighted by Gasteiger charge is 2.42. The molecular formula is C41H39Cl2N7O4S. The van der Waals surface area contributed by atoms with Crippen LogP contribution in [0.5, 0.6) is 0 Å². The molecule has 4 aromatic heterocycles. The number of aryl methyl sites for hydroxylation is 2. The summed E-state index contributed by atoms with van der Waals surface area (Å²) in [6.07, 6.45) is 6.11. The number of pyridine rings is 1. The van der Waals surface area contributed by atoms with E-state index in [1.54, 1.807) is 41.2 Å². The number of carbonyl (C=O) groups is 2. The minimum Gasteiger partial charge on any atom is -0.388 e. The van der Waals surface area contributed by atoms with E-state index < -0.39 is 5.60 Å². The van der Waals surface area contributed by atoms with E-state index in [0.717, 1.165) is 21.8 Å². The van der Waals surface area contributed by atoms with Crippen molar-refractivity contribution in [1.82, 2.24) is 33.9 Å². The van der Waals surface area contributed by atoms with Crippen LogP contribution in [0.25, 0.3) is 27.3 Å². The van der Waals surface area contributed by atoms with E-state index in [9.17, 15) is 19.5 Å². The van der Waals surface area contributed by atoms with Gasteiger partial charge in [-0.3, -0.25) is 23.9 Å². The molecule has 0 spiro atoms. The molecule has 2 atom stereocenters. The lowest BCUT2D eigenvalue weighted by molar-refractivity contribution is -0.142. The monoisotopic (exact) mass is 795 g/mol. The van der Waals surface area contributed by atoms with Crippen molar-refractivity contribution in [3.8, 4) is 16.3 Å². The van der Waals surface area contributed by atoms with Crippen LogP contribution in [0.1, 0.15) is 51.8 Å². The SMILES string of the molecule is Cc1ccc(-c2nc(C)c(C(=O)N3CC[C@@H](C(=O)N4CCC(O)(Cn5cnc6c(ccn6-c6cc(Cl)cc(Cl)c6)c5=O)CC4)[C@H](c4ccccc4)C3)s2)cn1. The molecule has 0 radical (unpaired) electrons. The van der Waals surface area contributed by atoms with E-state index >= 15 is 0 Å². The van der Waals surface area contributed by atoms with Crippen molar-refractivity contribution in [3.63, 3.8) is 0 Å². The first kappa shape index (κ1) is 37.1. The molecule has 11 nitrogen and oxygen atoms in total. The minimum atomic E-state index is -1.20. The summed E-state index contributed by atoms with van der Waals surface area (Å²) in [6, 6.07) is 20.6. The predicted molar refractivity (Wildman–Crippen MR) is 214 cm³/mol. The molecule has 2 saturated heterocycles. The lowest BCUT2D eigenvalue weighted by Gasteiger charge is -2.43. The number of likely N-dealkylation sites (tertiary alicyclic amines) is 2. The fraction of sp³-hybridized carbons (Fsp3) is 0.317. The molecule has 14 heteroatoms. The van der Waals surface area contributed by atoms with Gasteiger partial charge in [0.1, 0.15) is 16.2 Å². The molecule has 6 heterocycles. The number of piperidine rings is 2. The summed E-state index contributed by atoms with van der Waals surface area (Å²) < 4.78 is 3.19. The van der Waals surface area contributed by atoms with Gasteiger partial charge in [-0.2, -0.15) is 0 Å². The summed E-state index contributed by atoms with van der Waals surface area (Å²) in [5, 5.41) is 13.8. The zero-order valence-corrected chi connectivity index (χ0v) is 32.7. The van der Waals surface area contributed by atoms with Gasteiger partial charge in [0.25, 0.3) is 11.5 Å². The van der Waals surface area contributed by atoms with Gasteiger partial charge >= 0.3 is 0 Å². The number of aromatic nitrogens is 5. The molecule has 6 aromatic rings. The molecule has 0 bridgehead atoms. The summed E-state index contributed by atoms with van der Waals surface area (Å²) in [7, 11) is 0. The topological polar surface area (TPSA) is 126 Å². The van der Waals surface area contributed by atoms with Crippen molar-refractivity contribution in [2.24, 2.45) is 5.92 Å². The van der Waals surface area contributed by atoms with Crippen molar-refractivity contribution >= 4 is 57.4 Å². The van der Waals surface area contributed by atoms with Gasteiger partial charge in [0.15, 0.2) is 5.65 Å². The third-order valence-corrected chi connectivity index (χ3v) is 12.5. The molecule has 2 amide bonds. The number of hydrogen-bond acceptors (Lipinski definition) is 8. The maximum atomic E-state index is 14.3. The number of aliphatic hydroxyl groups is 1. The molecule has 2 aliphatic heterocycles. The molecule has 8 rings (SSSR count). The maximum absolute atomic E-state index is 14.3. The van der Waals surface area contributed by atoms with E-state index in [2.05, 4.69) is 9.97 Å². The predicted octanol–water partition coefficient (Wildman–Crippen LogP) is 6.93. The summed E-state index contributed by atoms with van der Waals surface area (Å²) >= 11 is 13.8. The Bertz CT molecular complexity index is 2440. The minimum absolute atomic E-state index is 0.0221. The van der Waals surface area contributed by atoms with E-state index in [0.29, 0.717) is 82.8 Å². The Balaban J connectivity index is 0.953.